The molecule has 22 rings (SSSR count). The standard InChI is InChI=1S/C24H24N2O8.C16H6O6.C10H12N2O6.C10H8O6.C10H2O6.C8H4O6.C8H6O6/c27-19(11-1-7-15-17(9-11)23(31)33-21(15)29)25-13-3-5-14(6-4-13)26-20(28)12-2-8-16-18(10-12)24(32)34-22(16)30;17-13-9-3-1-7(5-11(9)15(19)21-13)8-2-4-10-12(6-8)16(20)22-14(10)18;13-7-3-11(4-8(14)17-7)1-2-12-5-9(15)18-10(16)6-12;2*11-7-3-1-4-6(10(14)16-8(4)12)2-5(3)9(13)15-7;9-5-1-2(6(10)13-5)4-3(1)7(11)14-8(4)12;9-5-1-3(7(11)13-5)4-2-6(10)14-8(4)12/h3-6,11-12,15-18H,1-2,7-10H2,(H,25,27)(H,26,28);1-6H;1-6H2;3-6H,1-2H2;1-2H;1-4H;3-4H,1-2H2. The van der Waals surface area contributed by atoms with Crippen LogP contribution < -0.4 is 33.1 Å². The molecule has 12 atom stereocenters. The van der Waals surface area contributed by atoms with Crippen molar-refractivity contribution in [2.24, 2.45) is 94.7 Å². The SMILES string of the molecule is O=C(Nc1ccc(NC(=O)C2CCC3C(=O)OC(=O)C3C2)cc1)C1CCC2C(=O)OC(=O)C2C1.O=C1CC(C2CC(=O)OC2=O)C(=O)O1.O=C1CN(CCN2CC(=O)OC(=O)C2)CC(=O)O1.O=C1OC(=O)C2C1C1C(=O)OC(=O)C21.O=C1OC(=O)C2CC3C(=O)OC(=O)C3CC12.O=C1OC(=O)c2cc(-c3ccc4c(c3)C(=O)OC4=O)ccc21.O=c1oc(=O)c2cc3c(=O)oc(=O)c3cc12. The molecule has 4 aliphatic carbocycles. The lowest BCUT2D eigenvalue weighted by atomic mass is 9.59. The Hall–Kier alpha value is -16.3. The summed E-state index contributed by atoms with van der Waals surface area (Å²) in [6, 6.07) is 18.3. The van der Waals surface area contributed by atoms with Gasteiger partial charge in [0.25, 0.3) is 0 Å². The first-order valence-corrected chi connectivity index (χ1v) is 40.9. The first-order chi connectivity index (χ1) is 63.7. The number of carbonyl (C=O) groups is 26. The number of rotatable bonds is 9. The molecule has 12 aliphatic heterocycles. The molecule has 48 nitrogen and oxygen atoms in total. The molecule has 10 saturated heterocycles. The molecule has 4 aromatic carbocycles. The summed E-state index contributed by atoms with van der Waals surface area (Å²) < 4.78 is 62.1. The maximum absolute atomic E-state index is 12.7. The van der Waals surface area contributed by atoms with Gasteiger partial charge in [-0.05, 0) is 123 Å². The normalized spacial score (nSPS) is 28.1. The van der Waals surface area contributed by atoms with Gasteiger partial charge < -0.3 is 76.3 Å². The summed E-state index contributed by atoms with van der Waals surface area (Å²) in [5.41, 5.74) is -0.168. The third kappa shape index (κ3) is 18.0. The third-order valence-electron chi connectivity index (χ3n) is 25.0. The van der Waals surface area contributed by atoms with Crippen LogP contribution in [-0.2, 0) is 162 Å². The predicted molar refractivity (Wildman–Crippen MR) is 414 cm³/mol. The minimum Gasteiger partial charge on any atom is -0.393 e. The van der Waals surface area contributed by atoms with Crippen molar-refractivity contribution in [3.8, 4) is 11.1 Å². The number of amides is 2. The fourth-order valence-electron chi connectivity index (χ4n) is 18.3. The fraction of sp³-hybridized carbons (Fsp3) is 0.372. The van der Waals surface area contributed by atoms with Gasteiger partial charge in [0.1, 0.15) is 0 Å². The van der Waals surface area contributed by atoms with E-state index in [0.717, 1.165) is 12.1 Å². The van der Waals surface area contributed by atoms with Crippen LogP contribution in [0, 0.1) is 94.7 Å². The molecular weight excluding hydrogens is 1790 g/mol. The van der Waals surface area contributed by atoms with E-state index < -0.39 is 249 Å². The smallest absolute Gasteiger partial charge is 0.346 e. The second-order valence-corrected chi connectivity index (χ2v) is 32.9. The van der Waals surface area contributed by atoms with E-state index >= 15 is 0 Å². The lowest BCUT2D eigenvalue weighted by Gasteiger charge is -2.33. The van der Waals surface area contributed by atoms with Crippen molar-refractivity contribution in [2.45, 2.75) is 64.2 Å². The topological polar surface area (TPSA) is 680 Å². The van der Waals surface area contributed by atoms with Crippen molar-refractivity contribution in [2.75, 3.05) is 49.9 Å². The Morgan fingerprint density at radius 2 is 0.530 bits per heavy atom. The van der Waals surface area contributed by atoms with Gasteiger partial charge >= 0.3 is 166 Å². The number of esters is 24. The number of nitrogens with zero attached hydrogens (tertiary/aromatic N) is 2. The third-order valence-corrected chi connectivity index (χ3v) is 25.0. The molecule has 2 amide bonds. The summed E-state index contributed by atoms with van der Waals surface area (Å²) in [6.45, 7) is 0.967. The van der Waals surface area contributed by atoms with Crippen molar-refractivity contribution in [3.05, 3.63) is 137 Å². The van der Waals surface area contributed by atoms with Gasteiger partial charge in [-0.25, -0.2) is 38.4 Å². The maximum atomic E-state index is 12.7. The molecule has 16 aliphatic rings. The number of fused-ring (bicyclic) bond motifs is 12. The predicted octanol–water partition coefficient (Wildman–Crippen LogP) is -1.77. The number of hydrogen-bond donors (Lipinski definition) is 2. The number of nitrogens with one attached hydrogen (secondary N) is 2. The van der Waals surface area contributed by atoms with Gasteiger partial charge in [-0.15, -0.1) is 0 Å². The molecule has 0 bridgehead atoms. The summed E-state index contributed by atoms with van der Waals surface area (Å²) >= 11 is 0. The van der Waals surface area contributed by atoms with E-state index in [4.69, 9.17) is 9.47 Å². The molecule has 4 saturated carbocycles. The summed E-state index contributed by atoms with van der Waals surface area (Å²) in [4.78, 5) is 343. The average molecular weight is 1860 g/mol. The highest BCUT2D eigenvalue weighted by Crippen LogP contribution is 2.55. The molecule has 14 heterocycles. The van der Waals surface area contributed by atoms with Gasteiger partial charge in [-0.2, -0.15) is 0 Å². The molecule has 14 fully saturated rings. The zero-order valence-corrected chi connectivity index (χ0v) is 68.3. The van der Waals surface area contributed by atoms with Crippen molar-refractivity contribution in [1.29, 1.82) is 0 Å². The molecule has 48 heteroatoms. The van der Waals surface area contributed by atoms with Crippen LogP contribution in [0.15, 0.2) is 101 Å². The van der Waals surface area contributed by atoms with Crippen LogP contribution >= 0.6 is 0 Å². The summed E-state index contributed by atoms with van der Waals surface area (Å²) in [6.07, 6.45) is 2.57. The molecule has 2 aromatic heterocycles. The molecule has 6 aromatic rings. The fourth-order valence-corrected chi connectivity index (χ4v) is 18.3. The van der Waals surface area contributed by atoms with Gasteiger partial charge in [-0.3, -0.25) is 115 Å². The van der Waals surface area contributed by atoms with Gasteiger partial charge in [0.15, 0.2) is 0 Å². The van der Waals surface area contributed by atoms with Crippen molar-refractivity contribution < 1.29 is 190 Å². The van der Waals surface area contributed by atoms with E-state index in [1.54, 1.807) is 46.2 Å². The second kappa shape index (κ2) is 36.2. The molecule has 12 unspecified atom stereocenters. The quantitative estimate of drug-likeness (QED) is 0.0919. The first-order valence-electron chi connectivity index (χ1n) is 40.9. The van der Waals surface area contributed by atoms with E-state index in [-0.39, 0.29) is 132 Å². The van der Waals surface area contributed by atoms with Crippen LogP contribution in [0.4, 0.5) is 11.4 Å². The monoisotopic (exact) mass is 1850 g/mol. The maximum Gasteiger partial charge on any atom is 0.346 e. The number of anilines is 2. The van der Waals surface area contributed by atoms with Crippen LogP contribution in [0.3, 0.4) is 0 Å². The number of morpholine rings is 2. The minimum absolute atomic E-state index is 0.0181. The summed E-state index contributed by atoms with van der Waals surface area (Å²) in [5, 5.41) is 5.57. The van der Waals surface area contributed by atoms with Gasteiger partial charge in [0.2, 0.25) is 11.8 Å². The van der Waals surface area contributed by atoms with Crippen molar-refractivity contribution in [1.82, 2.24) is 9.80 Å². The van der Waals surface area contributed by atoms with Gasteiger partial charge in [-0.1, -0.05) is 12.1 Å². The zero-order chi connectivity index (χ0) is 95.8. The Balaban J connectivity index is 0.000000117. The van der Waals surface area contributed by atoms with Crippen molar-refractivity contribution in [3.63, 3.8) is 0 Å². The average Bonchev–Trinajstić information content (AvgIpc) is 1.54. The van der Waals surface area contributed by atoms with Crippen LogP contribution in [0.1, 0.15) is 106 Å². The zero-order valence-electron chi connectivity index (χ0n) is 68.3. The highest BCUT2D eigenvalue weighted by Gasteiger charge is 2.73. The van der Waals surface area contributed by atoms with E-state index in [2.05, 4.69) is 66.8 Å². The highest BCUT2D eigenvalue weighted by atomic mass is 16.6. The van der Waals surface area contributed by atoms with E-state index in [1.165, 1.54) is 24.3 Å². The molecular formula is C86H62N4O44. The molecule has 134 heavy (non-hydrogen) atoms. The molecule has 690 valence electrons. The second-order valence-electron chi connectivity index (χ2n) is 32.9. The Bertz CT molecular complexity index is 6000. The van der Waals surface area contributed by atoms with Crippen LogP contribution in [-0.4, -0.2) is 204 Å². The first kappa shape index (κ1) is 91.0. The van der Waals surface area contributed by atoms with E-state index in [0.29, 0.717) is 61.3 Å². The number of carbonyl (C=O) groups excluding carboxylic acids is 26. The number of cyclic esters (lactones) is 24. The van der Waals surface area contributed by atoms with Crippen LogP contribution in [0.5, 0.6) is 0 Å². The minimum atomic E-state index is -0.846. The lowest BCUT2D eigenvalue weighted by Crippen LogP contribution is -2.50. The number of hydrogen-bond acceptors (Lipinski definition) is 46. The Morgan fingerprint density at radius 1 is 0.261 bits per heavy atom. The highest BCUT2D eigenvalue weighted by molar-refractivity contribution is 6.17. The number of ether oxygens (including phenoxy) is 12. The number of benzene rings is 4. The Kier molecular flexibility index (Phi) is 24.6. The molecule has 0 spiro atoms. The molecule has 2 N–H and O–H groups in total. The summed E-state index contributed by atoms with van der Waals surface area (Å²) in [7, 11) is 0. The molecule has 0 radical (unpaired) electrons. The van der Waals surface area contributed by atoms with Crippen molar-refractivity contribution >= 4 is 188 Å². The van der Waals surface area contributed by atoms with Gasteiger partial charge in [0, 0.05) is 36.3 Å². The van der Waals surface area contributed by atoms with E-state index in [1.807, 2.05) is 0 Å². The van der Waals surface area contributed by atoms with E-state index in [9.17, 15) is 144 Å². The number of furan rings is 2. The Labute approximate surface area is 741 Å². The van der Waals surface area contributed by atoms with Crippen LogP contribution in [0.25, 0.3) is 32.7 Å². The lowest BCUT2D eigenvalue weighted by molar-refractivity contribution is -0.170. The Morgan fingerprint density at radius 3 is 0.821 bits per heavy atom. The van der Waals surface area contributed by atoms with Gasteiger partial charge in [0.05, 0.1) is 166 Å². The summed E-state index contributed by atoms with van der Waals surface area (Å²) in [5.74, 6) is -25.5. The largest absolute Gasteiger partial charge is 0.393 e. The van der Waals surface area contributed by atoms with Crippen LogP contribution in [0.2, 0.25) is 0 Å².